The Bertz CT molecular complexity index is 959. The van der Waals surface area contributed by atoms with Crippen molar-refractivity contribution >= 4 is 11.8 Å². The molecule has 4 nitrogen and oxygen atoms in total. The predicted octanol–water partition coefficient (Wildman–Crippen LogP) is 4.65. The number of hydrogen-bond acceptors (Lipinski definition) is 2. The van der Waals surface area contributed by atoms with Crippen molar-refractivity contribution < 1.29 is 14.0 Å². The molecule has 1 N–H and O–H groups in total. The number of carbonyl (C=O) groups excluding carboxylic acids is 2. The summed E-state index contributed by atoms with van der Waals surface area (Å²) in [5.74, 6) is 2.44. The van der Waals surface area contributed by atoms with Gasteiger partial charge in [0.15, 0.2) is 0 Å². The molecule has 5 heteroatoms. The van der Waals surface area contributed by atoms with Gasteiger partial charge in [0, 0.05) is 30.8 Å². The first-order valence-electron chi connectivity index (χ1n) is 11.4. The average Bonchev–Trinajstić information content (AvgIpc) is 2.75. The summed E-state index contributed by atoms with van der Waals surface area (Å²) >= 11 is 0. The van der Waals surface area contributed by atoms with E-state index in [1.54, 1.807) is 18.0 Å². The molecule has 4 bridgehead atoms. The van der Waals surface area contributed by atoms with E-state index in [9.17, 15) is 14.0 Å². The third-order valence-electron chi connectivity index (χ3n) is 7.58. The van der Waals surface area contributed by atoms with Gasteiger partial charge in [0.05, 0.1) is 0 Å². The lowest BCUT2D eigenvalue weighted by molar-refractivity contribution is -0.0119. The molecule has 0 spiro atoms. The average molecular weight is 421 g/mol. The van der Waals surface area contributed by atoms with Crippen LogP contribution < -0.4 is 5.32 Å². The second kappa shape index (κ2) is 8.10. The first kappa shape index (κ1) is 20.2. The minimum atomic E-state index is -0.422. The van der Waals surface area contributed by atoms with Gasteiger partial charge in [-0.2, -0.15) is 0 Å². The van der Waals surface area contributed by atoms with Gasteiger partial charge in [-0.1, -0.05) is 18.2 Å². The molecule has 4 saturated carbocycles. The molecular formula is C26H29FN2O2. The molecule has 31 heavy (non-hydrogen) atoms. The van der Waals surface area contributed by atoms with E-state index in [-0.39, 0.29) is 11.8 Å². The van der Waals surface area contributed by atoms with Crippen LogP contribution in [0.15, 0.2) is 48.5 Å². The van der Waals surface area contributed by atoms with E-state index in [4.69, 9.17) is 0 Å². The Morgan fingerprint density at radius 1 is 0.935 bits per heavy atom. The zero-order valence-electron chi connectivity index (χ0n) is 17.9. The van der Waals surface area contributed by atoms with Crippen molar-refractivity contribution in [3.63, 3.8) is 0 Å². The molecule has 162 valence electrons. The fraction of sp³-hybridized carbons (Fsp3) is 0.462. The Labute approximate surface area is 182 Å². The van der Waals surface area contributed by atoms with Crippen molar-refractivity contribution in [2.45, 2.75) is 44.7 Å². The number of halogens is 1. The fourth-order valence-corrected chi connectivity index (χ4v) is 6.34. The first-order chi connectivity index (χ1) is 15.0. The molecule has 4 aliphatic rings. The molecule has 0 aromatic heterocycles. The number of nitrogens with one attached hydrogen (secondary N) is 1. The molecule has 0 saturated heterocycles. The van der Waals surface area contributed by atoms with Gasteiger partial charge in [0.2, 0.25) is 0 Å². The summed E-state index contributed by atoms with van der Waals surface area (Å²) in [5.41, 5.74) is 1.92. The number of hydrogen-bond donors (Lipinski definition) is 1. The highest BCUT2D eigenvalue weighted by molar-refractivity contribution is 5.95. The van der Waals surface area contributed by atoms with Crippen LogP contribution in [0.25, 0.3) is 0 Å². The van der Waals surface area contributed by atoms with E-state index >= 15 is 0 Å². The Balaban J connectivity index is 1.20. The maximum absolute atomic E-state index is 13.4. The largest absolute Gasteiger partial charge is 0.349 e. The summed E-state index contributed by atoms with van der Waals surface area (Å²) in [5, 5.41) is 3.34. The van der Waals surface area contributed by atoms with Crippen molar-refractivity contribution in [3.05, 3.63) is 71.0 Å². The first-order valence-corrected chi connectivity index (χ1v) is 11.4. The minimum Gasteiger partial charge on any atom is -0.349 e. The van der Waals surface area contributed by atoms with Crippen LogP contribution in [-0.4, -0.2) is 29.8 Å². The van der Waals surface area contributed by atoms with E-state index in [1.807, 2.05) is 24.3 Å². The van der Waals surface area contributed by atoms with Crippen molar-refractivity contribution in [3.8, 4) is 0 Å². The van der Waals surface area contributed by atoms with Gasteiger partial charge in [-0.3, -0.25) is 9.59 Å². The van der Waals surface area contributed by atoms with Crippen molar-refractivity contribution in [1.82, 2.24) is 10.2 Å². The Morgan fingerprint density at radius 3 is 2.19 bits per heavy atom. The second-order valence-electron chi connectivity index (χ2n) is 9.80. The van der Waals surface area contributed by atoms with E-state index < -0.39 is 5.82 Å². The van der Waals surface area contributed by atoms with Crippen LogP contribution in [0.5, 0.6) is 0 Å². The van der Waals surface area contributed by atoms with Gasteiger partial charge in [-0.15, -0.1) is 0 Å². The molecule has 0 heterocycles. The molecule has 0 unspecified atom stereocenters. The van der Waals surface area contributed by atoms with Crippen LogP contribution in [0, 0.1) is 29.5 Å². The highest BCUT2D eigenvalue weighted by atomic mass is 19.1. The molecule has 2 aromatic carbocycles. The summed E-state index contributed by atoms with van der Waals surface area (Å²) < 4.78 is 13.4. The van der Waals surface area contributed by atoms with E-state index in [2.05, 4.69) is 5.32 Å². The highest BCUT2D eigenvalue weighted by Gasteiger charge is 2.48. The molecule has 2 aromatic rings. The second-order valence-corrected chi connectivity index (χ2v) is 9.80. The number of benzene rings is 2. The monoisotopic (exact) mass is 420 g/mol. The van der Waals surface area contributed by atoms with Gasteiger partial charge in [0.25, 0.3) is 11.8 Å². The lowest BCUT2D eigenvalue weighted by Crippen LogP contribution is -2.55. The summed E-state index contributed by atoms with van der Waals surface area (Å²) in [4.78, 5) is 27.0. The molecule has 2 amide bonds. The Morgan fingerprint density at radius 2 is 1.58 bits per heavy atom. The van der Waals surface area contributed by atoms with Crippen molar-refractivity contribution in [2.75, 3.05) is 7.05 Å². The van der Waals surface area contributed by atoms with Gasteiger partial charge in [-0.25, -0.2) is 4.39 Å². The van der Waals surface area contributed by atoms with Crippen LogP contribution in [0.2, 0.25) is 0 Å². The van der Waals surface area contributed by atoms with E-state index in [0.29, 0.717) is 35.5 Å². The standard InChI is InChI=1S/C26H29FN2O2/c1-29(26(31)20-3-2-4-23(27)14-20)15-16-5-7-19(8-6-16)25(30)28-24-21-10-17-9-18(12-21)13-22(24)11-17/h2-8,14,17-18,21-22,24H,9-13,15H2,1H3,(H,28,30). The van der Waals surface area contributed by atoms with Gasteiger partial charge in [-0.05, 0) is 91.7 Å². The van der Waals surface area contributed by atoms with Crippen LogP contribution in [-0.2, 0) is 6.54 Å². The molecule has 4 fully saturated rings. The number of nitrogens with zero attached hydrogens (tertiary/aromatic N) is 1. The third kappa shape index (κ3) is 4.10. The van der Waals surface area contributed by atoms with Crippen molar-refractivity contribution in [1.29, 1.82) is 0 Å². The van der Waals surface area contributed by atoms with Gasteiger partial charge < -0.3 is 10.2 Å². The zero-order valence-corrected chi connectivity index (χ0v) is 17.9. The van der Waals surface area contributed by atoms with Crippen LogP contribution in [0.4, 0.5) is 4.39 Å². The SMILES string of the molecule is CN(Cc1ccc(C(=O)NC2C3CC4CC(C3)CC2C4)cc1)C(=O)c1cccc(F)c1. The maximum Gasteiger partial charge on any atom is 0.253 e. The molecule has 0 aliphatic heterocycles. The van der Waals surface area contributed by atoms with E-state index in [1.165, 1.54) is 50.3 Å². The van der Waals surface area contributed by atoms with Gasteiger partial charge in [0.1, 0.15) is 5.82 Å². The number of carbonyl (C=O) groups is 2. The minimum absolute atomic E-state index is 0.00761. The smallest absolute Gasteiger partial charge is 0.253 e. The summed E-state index contributed by atoms with van der Waals surface area (Å²) in [7, 11) is 1.69. The van der Waals surface area contributed by atoms with E-state index in [0.717, 1.165) is 17.4 Å². The predicted molar refractivity (Wildman–Crippen MR) is 117 cm³/mol. The van der Waals surface area contributed by atoms with Crippen LogP contribution in [0.1, 0.15) is 58.4 Å². The topological polar surface area (TPSA) is 49.4 Å². The maximum atomic E-state index is 13.4. The number of amides is 2. The Kier molecular flexibility index (Phi) is 5.28. The molecule has 0 atom stereocenters. The van der Waals surface area contributed by atoms with Crippen LogP contribution >= 0.6 is 0 Å². The van der Waals surface area contributed by atoms with Crippen molar-refractivity contribution in [2.24, 2.45) is 23.7 Å². The lowest BCUT2D eigenvalue weighted by atomic mass is 9.54. The quantitative estimate of drug-likeness (QED) is 0.765. The summed E-state index contributed by atoms with van der Waals surface area (Å²) in [6.07, 6.45) is 6.53. The fourth-order valence-electron chi connectivity index (χ4n) is 6.34. The molecule has 6 rings (SSSR count). The molecule has 4 aliphatic carbocycles. The number of rotatable bonds is 5. The highest BCUT2D eigenvalue weighted by Crippen LogP contribution is 2.53. The lowest BCUT2D eigenvalue weighted by Gasteiger charge is -2.54. The normalized spacial score (nSPS) is 28.4. The third-order valence-corrected chi connectivity index (χ3v) is 7.58. The molecule has 0 radical (unpaired) electrons. The van der Waals surface area contributed by atoms with Crippen LogP contribution in [0.3, 0.4) is 0 Å². The molecular weight excluding hydrogens is 391 g/mol. The zero-order chi connectivity index (χ0) is 21.5. The summed E-state index contributed by atoms with van der Waals surface area (Å²) in [6.45, 7) is 0.396. The summed E-state index contributed by atoms with van der Waals surface area (Å²) in [6, 6.07) is 13.5. The Hall–Kier alpha value is -2.69. The van der Waals surface area contributed by atoms with Gasteiger partial charge >= 0.3 is 0 Å².